The van der Waals surface area contributed by atoms with Gasteiger partial charge in [-0.2, -0.15) is 0 Å². The Hall–Kier alpha value is -1.53. The van der Waals surface area contributed by atoms with Crippen molar-refractivity contribution >= 4 is 33.5 Å². The highest BCUT2D eigenvalue weighted by atomic mass is 35.5. The summed E-state index contributed by atoms with van der Waals surface area (Å²) in [5.74, 6) is 0.148. The topological polar surface area (TPSA) is 75.3 Å². The molecule has 0 radical (unpaired) electrons. The Morgan fingerprint density at radius 1 is 1.40 bits per heavy atom. The minimum Gasteiger partial charge on any atom is -0.334 e. The highest BCUT2D eigenvalue weighted by Gasteiger charge is 2.28. The smallest absolute Gasteiger partial charge is 0.319 e. The molecule has 0 aliphatic carbocycles. The minimum atomic E-state index is -2.98. The van der Waals surface area contributed by atoms with Gasteiger partial charge < -0.3 is 10.6 Å². The molecule has 0 saturated carbocycles. The Morgan fingerprint density at radius 3 is 2.85 bits per heavy atom. The number of benzene rings is 1. The molecule has 2 rings (SSSR count). The number of nitrogens with one attached hydrogen (secondary N) is 2. The summed E-state index contributed by atoms with van der Waals surface area (Å²) in [6.07, 6.45) is 3.66. The van der Waals surface area contributed by atoms with Crippen molar-refractivity contribution in [2.45, 2.75) is 12.5 Å². The predicted octanol–water partition coefficient (Wildman–Crippen LogP) is 1.80. The van der Waals surface area contributed by atoms with Crippen molar-refractivity contribution in [2.24, 2.45) is 0 Å². The fourth-order valence-electron chi connectivity index (χ4n) is 1.96. The van der Waals surface area contributed by atoms with Crippen LogP contribution in [0.2, 0.25) is 5.02 Å². The van der Waals surface area contributed by atoms with Gasteiger partial charge in [0, 0.05) is 17.3 Å². The number of halogens is 1. The van der Waals surface area contributed by atoms with Crippen LogP contribution in [0.4, 0.5) is 4.79 Å². The van der Waals surface area contributed by atoms with Gasteiger partial charge >= 0.3 is 6.03 Å². The van der Waals surface area contributed by atoms with Gasteiger partial charge in [-0.05, 0) is 30.2 Å². The number of amides is 2. The predicted molar refractivity (Wildman–Crippen MR) is 79.2 cm³/mol. The van der Waals surface area contributed by atoms with Gasteiger partial charge in [0.25, 0.3) is 0 Å². The molecular formula is C13H15ClN2O3S. The molecular weight excluding hydrogens is 300 g/mol. The summed E-state index contributed by atoms with van der Waals surface area (Å²) in [6, 6.07) is 6.47. The van der Waals surface area contributed by atoms with E-state index in [0.717, 1.165) is 5.56 Å². The standard InChI is InChI=1S/C13H15ClN2O3S/c14-11-3-1-2-10(8-11)4-6-15-13(17)16-12-5-7-20(18,19)9-12/h1-4,6,8,12H,5,7,9H2,(H2,15,16,17)/b6-4+. The zero-order valence-corrected chi connectivity index (χ0v) is 12.2. The van der Waals surface area contributed by atoms with Gasteiger partial charge in [-0.15, -0.1) is 0 Å². The third-order valence-electron chi connectivity index (χ3n) is 2.91. The van der Waals surface area contributed by atoms with Gasteiger partial charge in [-0.3, -0.25) is 0 Å². The number of rotatable bonds is 3. The van der Waals surface area contributed by atoms with Crippen molar-refractivity contribution in [3.8, 4) is 0 Å². The number of sulfone groups is 1. The molecule has 2 N–H and O–H groups in total. The maximum Gasteiger partial charge on any atom is 0.319 e. The summed E-state index contributed by atoms with van der Waals surface area (Å²) in [7, 11) is -2.98. The van der Waals surface area contributed by atoms with E-state index in [1.165, 1.54) is 6.20 Å². The molecule has 1 saturated heterocycles. The number of hydrogen-bond donors (Lipinski definition) is 2. The van der Waals surface area contributed by atoms with Crippen LogP contribution in [0.1, 0.15) is 12.0 Å². The lowest BCUT2D eigenvalue weighted by Gasteiger charge is -2.09. The molecule has 1 fully saturated rings. The van der Waals surface area contributed by atoms with E-state index in [-0.39, 0.29) is 17.5 Å². The molecule has 0 aromatic heterocycles. The van der Waals surface area contributed by atoms with E-state index in [0.29, 0.717) is 11.4 Å². The first-order chi connectivity index (χ1) is 9.44. The summed E-state index contributed by atoms with van der Waals surface area (Å²) in [4.78, 5) is 11.6. The van der Waals surface area contributed by atoms with E-state index in [4.69, 9.17) is 11.6 Å². The lowest BCUT2D eigenvalue weighted by Crippen LogP contribution is -2.40. The van der Waals surface area contributed by atoms with Crippen LogP contribution in [0.15, 0.2) is 30.5 Å². The lowest BCUT2D eigenvalue weighted by molar-refractivity contribution is 0.241. The van der Waals surface area contributed by atoms with E-state index in [2.05, 4.69) is 10.6 Å². The summed E-state index contributed by atoms with van der Waals surface area (Å²) in [5, 5.41) is 5.78. The molecule has 20 heavy (non-hydrogen) atoms. The second-order valence-corrected chi connectivity index (χ2v) is 7.27. The van der Waals surface area contributed by atoms with E-state index in [9.17, 15) is 13.2 Å². The summed E-state index contributed by atoms with van der Waals surface area (Å²) in [5.41, 5.74) is 0.862. The van der Waals surface area contributed by atoms with Crippen LogP contribution >= 0.6 is 11.6 Å². The Bertz CT molecular complexity index is 628. The van der Waals surface area contributed by atoms with Crippen molar-refractivity contribution in [1.82, 2.24) is 10.6 Å². The average Bonchev–Trinajstić information content (AvgIpc) is 2.68. The molecule has 7 heteroatoms. The number of carbonyl (C=O) groups is 1. The van der Waals surface area contributed by atoms with Crippen molar-refractivity contribution in [3.63, 3.8) is 0 Å². The van der Waals surface area contributed by atoms with E-state index < -0.39 is 15.9 Å². The Labute approximate surface area is 122 Å². The normalized spacial score (nSPS) is 20.9. The molecule has 1 aliphatic heterocycles. The molecule has 0 spiro atoms. The van der Waals surface area contributed by atoms with Crippen LogP contribution in [0, 0.1) is 0 Å². The third kappa shape index (κ3) is 4.54. The van der Waals surface area contributed by atoms with Gasteiger partial charge in [-0.25, -0.2) is 13.2 Å². The van der Waals surface area contributed by atoms with Crippen molar-refractivity contribution < 1.29 is 13.2 Å². The molecule has 2 amide bonds. The molecule has 1 atom stereocenters. The fourth-order valence-corrected chi connectivity index (χ4v) is 3.83. The fraction of sp³-hybridized carbons (Fsp3) is 0.308. The first-order valence-corrected chi connectivity index (χ1v) is 8.34. The molecule has 1 heterocycles. The van der Waals surface area contributed by atoms with Gasteiger partial charge in [0.1, 0.15) is 0 Å². The Balaban J connectivity index is 1.81. The van der Waals surface area contributed by atoms with Crippen LogP contribution in [-0.2, 0) is 9.84 Å². The van der Waals surface area contributed by atoms with Crippen LogP contribution in [0.5, 0.6) is 0 Å². The average molecular weight is 315 g/mol. The number of hydrogen-bond acceptors (Lipinski definition) is 3. The first kappa shape index (κ1) is 14.9. The molecule has 108 valence electrons. The monoisotopic (exact) mass is 314 g/mol. The quantitative estimate of drug-likeness (QED) is 0.893. The highest BCUT2D eigenvalue weighted by Crippen LogP contribution is 2.12. The Kier molecular flexibility index (Phi) is 4.67. The number of urea groups is 1. The molecule has 1 unspecified atom stereocenters. The van der Waals surface area contributed by atoms with E-state index in [1.807, 2.05) is 12.1 Å². The van der Waals surface area contributed by atoms with Crippen LogP contribution in [0.25, 0.3) is 6.08 Å². The van der Waals surface area contributed by atoms with Gasteiger partial charge in [0.15, 0.2) is 9.84 Å². The van der Waals surface area contributed by atoms with Gasteiger partial charge in [-0.1, -0.05) is 23.7 Å². The largest absolute Gasteiger partial charge is 0.334 e. The Morgan fingerprint density at radius 2 is 2.20 bits per heavy atom. The maximum atomic E-state index is 11.6. The first-order valence-electron chi connectivity index (χ1n) is 6.14. The molecule has 0 bridgehead atoms. The second-order valence-electron chi connectivity index (χ2n) is 4.61. The summed E-state index contributed by atoms with van der Waals surface area (Å²) < 4.78 is 22.5. The third-order valence-corrected chi connectivity index (χ3v) is 4.91. The zero-order valence-electron chi connectivity index (χ0n) is 10.7. The highest BCUT2D eigenvalue weighted by molar-refractivity contribution is 7.91. The summed E-state index contributed by atoms with van der Waals surface area (Å²) >= 11 is 5.84. The van der Waals surface area contributed by atoms with Crippen LogP contribution < -0.4 is 10.6 Å². The van der Waals surface area contributed by atoms with Gasteiger partial charge in [0.2, 0.25) is 0 Å². The lowest BCUT2D eigenvalue weighted by atomic mass is 10.2. The molecule has 1 aliphatic rings. The molecule has 1 aromatic rings. The van der Waals surface area contributed by atoms with E-state index in [1.54, 1.807) is 18.2 Å². The zero-order chi connectivity index (χ0) is 14.6. The second kappa shape index (κ2) is 6.28. The minimum absolute atomic E-state index is 0.0123. The van der Waals surface area contributed by atoms with Crippen LogP contribution in [0.3, 0.4) is 0 Å². The van der Waals surface area contributed by atoms with Gasteiger partial charge in [0.05, 0.1) is 11.5 Å². The van der Waals surface area contributed by atoms with Crippen LogP contribution in [-0.4, -0.2) is 32.0 Å². The van der Waals surface area contributed by atoms with E-state index >= 15 is 0 Å². The number of carbonyl (C=O) groups excluding carboxylic acids is 1. The van der Waals surface area contributed by atoms with Crippen molar-refractivity contribution in [2.75, 3.05) is 11.5 Å². The SMILES string of the molecule is O=C(N/C=C/c1cccc(Cl)c1)NC1CCS(=O)(=O)C1. The molecule has 5 nitrogen and oxygen atoms in total. The maximum absolute atomic E-state index is 11.6. The molecule has 1 aromatic carbocycles. The summed E-state index contributed by atoms with van der Waals surface area (Å²) in [6.45, 7) is 0. The van der Waals surface area contributed by atoms with Crippen molar-refractivity contribution in [3.05, 3.63) is 41.1 Å². The van der Waals surface area contributed by atoms with Crippen molar-refractivity contribution in [1.29, 1.82) is 0 Å².